The Hall–Kier alpha value is -0.610. The third kappa shape index (κ3) is 3.04. The Kier molecular flexibility index (Phi) is 3.97. The number of hydrogen-bond donors (Lipinski definition) is 1. The van der Waals surface area contributed by atoms with Gasteiger partial charge in [-0.2, -0.15) is 0 Å². The highest BCUT2D eigenvalue weighted by Gasteiger charge is 2.37. The minimum absolute atomic E-state index is 0.175. The maximum absolute atomic E-state index is 12.4. The minimum atomic E-state index is -0.238. The number of likely N-dealkylation sites (tertiary alicyclic amines) is 1. The molecule has 1 aliphatic heterocycles. The van der Waals surface area contributed by atoms with Crippen LogP contribution in [-0.2, 0) is 9.53 Å². The normalized spacial score (nSPS) is 31.6. The lowest BCUT2D eigenvalue weighted by Crippen LogP contribution is -2.52. The molecule has 1 heterocycles. The summed E-state index contributed by atoms with van der Waals surface area (Å²) in [6.07, 6.45) is 6.88. The van der Waals surface area contributed by atoms with E-state index in [1.807, 2.05) is 4.90 Å². The van der Waals surface area contributed by atoms with E-state index in [0.29, 0.717) is 13.0 Å². The Morgan fingerprint density at radius 3 is 2.56 bits per heavy atom. The number of carbonyl (C=O) groups is 1. The molecular formula is C14H26N2O2. The van der Waals surface area contributed by atoms with Gasteiger partial charge in [0.1, 0.15) is 0 Å². The maximum atomic E-state index is 12.4. The third-order valence-electron chi connectivity index (χ3n) is 4.61. The van der Waals surface area contributed by atoms with Gasteiger partial charge >= 0.3 is 0 Å². The van der Waals surface area contributed by atoms with Crippen LogP contribution >= 0.6 is 0 Å². The molecule has 1 atom stereocenters. The molecule has 4 heteroatoms. The summed E-state index contributed by atoms with van der Waals surface area (Å²) in [5, 5.41) is 0. The molecule has 2 aliphatic rings. The van der Waals surface area contributed by atoms with Crippen molar-refractivity contribution in [3.63, 3.8) is 0 Å². The van der Waals surface area contributed by atoms with Gasteiger partial charge in [-0.25, -0.2) is 0 Å². The minimum Gasteiger partial charge on any atom is -0.377 e. The van der Waals surface area contributed by atoms with Crippen LogP contribution in [0.2, 0.25) is 0 Å². The van der Waals surface area contributed by atoms with Crippen LogP contribution in [0, 0.1) is 0 Å². The van der Waals surface area contributed by atoms with E-state index in [9.17, 15) is 4.79 Å². The van der Waals surface area contributed by atoms with Crippen molar-refractivity contribution in [1.82, 2.24) is 4.90 Å². The Morgan fingerprint density at radius 2 is 1.94 bits per heavy atom. The lowest BCUT2D eigenvalue weighted by molar-refractivity contribution is -0.140. The number of piperidine rings is 1. The van der Waals surface area contributed by atoms with Crippen LogP contribution in [0.1, 0.15) is 51.9 Å². The fourth-order valence-electron chi connectivity index (χ4n) is 3.25. The fourth-order valence-corrected chi connectivity index (χ4v) is 3.25. The van der Waals surface area contributed by atoms with Crippen molar-refractivity contribution >= 4 is 5.91 Å². The molecule has 104 valence electrons. The molecule has 0 spiro atoms. The molecule has 2 N–H and O–H groups in total. The van der Waals surface area contributed by atoms with Gasteiger partial charge in [-0.3, -0.25) is 4.79 Å². The molecule has 1 unspecified atom stereocenters. The van der Waals surface area contributed by atoms with Crippen LogP contribution in [0.5, 0.6) is 0 Å². The second-order valence-electron chi connectivity index (χ2n) is 6.32. The number of rotatable bonds is 3. The first kappa shape index (κ1) is 13.8. The highest BCUT2D eigenvalue weighted by Crippen LogP contribution is 2.32. The van der Waals surface area contributed by atoms with Gasteiger partial charge in [-0.1, -0.05) is 12.8 Å². The van der Waals surface area contributed by atoms with Crippen molar-refractivity contribution in [2.24, 2.45) is 5.73 Å². The van der Waals surface area contributed by atoms with Crippen LogP contribution in [0.25, 0.3) is 0 Å². The van der Waals surface area contributed by atoms with Gasteiger partial charge in [0.25, 0.3) is 0 Å². The van der Waals surface area contributed by atoms with Gasteiger partial charge in [0.05, 0.1) is 5.60 Å². The van der Waals surface area contributed by atoms with E-state index >= 15 is 0 Å². The molecule has 1 saturated heterocycles. The van der Waals surface area contributed by atoms with Crippen molar-refractivity contribution in [3.05, 3.63) is 0 Å². The smallest absolute Gasteiger partial charge is 0.224 e. The summed E-state index contributed by atoms with van der Waals surface area (Å²) < 4.78 is 5.53. The first-order chi connectivity index (χ1) is 8.46. The average molecular weight is 254 g/mol. The monoisotopic (exact) mass is 254 g/mol. The largest absolute Gasteiger partial charge is 0.377 e. The molecule has 1 amide bonds. The SMILES string of the molecule is COC1(C)CCCN(C(=O)CC2(N)CCCC2)C1. The molecule has 0 bridgehead atoms. The van der Waals surface area contributed by atoms with E-state index in [0.717, 1.165) is 32.2 Å². The summed E-state index contributed by atoms with van der Waals surface area (Å²) in [4.78, 5) is 14.3. The standard InChI is InChI=1S/C14H26N2O2/c1-13(18-2)6-5-9-16(11-13)12(17)10-14(15)7-3-4-8-14/h3-11,15H2,1-2H3. The summed E-state index contributed by atoms with van der Waals surface area (Å²) in [6.45, 7) is 3.65. The number of nitrogens with two attached hydrogens (primary N) is 1. The van der Waals surface area contributed by atoms with Crippen LogP contribution in [-0.4, -0.2) is 42.1 Å². The molecule has 0 aromatic rings. The molecule has 18 heavy (non-hydrogen) atoms. The Morgan fingerprint density at radius 1 is 1.28 bits per heavy atom. The first-order valence-corrected chi connectivity index (χ1v) is 7.08. The number of nitrogens with zero attached hydrogens (tertiary/aromatic N) is 1. The number of carbonyl (C=O) groups excluding carboxylic acids is 1. The van der Waals surface area contributed by atoms with Crippen molar-refractivity contribution in [2.75, 3.05) is 20.2 Å². The quantitative estimate of drug-likeness (QED) is 0.833. The van der Waals surface area contributed by atoms with E-state index < -0.39 is 0 Å². The second-order valence-corrected chi connectivity index (χ2v) is 6.32. The zero-order chi connectivity index (χ0) is 13.2. The highest BCUT2D eigenvalue weighted by molar-refractivity contribution is 5.77. The number of ether oxygens (including phenoxy) is 1. The lowest BCUT2D eigenvalue weighted by atomic mass is 9.91. The van der Waals surface area contributed by atoms with Crippen molar-refractivity contribution in [3.8, 4) is 0 Å². The predicted molar refractivity (Wildman–Crippen MR) is 71.2 cm³/mol. The van der Waals surface area contributed by atoms with E-state index in [2.05, 4.69) is 6.92 Å². The van der Waals surface area contributed by atoms with Gasteiger partial charge in [0.2, 0.25) is 5.91 Å². The van der Waals surface area contributed by atoms with E-state index in [4.69, 9.17) is 10.5 Å². The fraction of sp³-hybridized carbons (Fsp3) is 0.929. The van der Waals surface area contributed by atoms with Crippen LogP contribution < -0.4 is 5.73 Å². The molecule has 1 aliphatic carbocycles. The Labute approximate surface area is 110 Å². The van der Waals surface area contributed by atoms with Gasteiger partial charge in [0.15, 0.2) is 0 Å². The molecular weight excluding hydrogens is 228 g/mol. The molecule has 2 fully saturated rings. The number of methoxy groups -OCH3 is 1. The van der Waals surface area contributed by atoms with E-state index in [-0.39, 0.29) is 17.0 Å². The van der Waals surface area contributed by atoms with Gasteiger partial charge in [-0.15, -0.1) is 0 Å². The summed E-state index contributed by atoms with van der Waals surface area (Å²) in [7, 11) is 1.73. The highest BCUT2D eigenvalue weighted by atomic mass is 16.5. The zero-order valence-electron chi connectivity index (χ0n) is 11.7. The molecule has 0 radical (unpaired) electrons. The van der Waals surface area contributed by atoms with Crippen molar-refractivity contribution in [2.45, 2.75) is 63.0 Å². The summed E-state index contributed by atoms with van der Waals surface area (Å²) in [5.74, 6) is 0.211. The molecule has 1 saturated carbocycles. The molecule has 2 rings (SSSR count). The lowest BCUT2D eigenvalue weighted by Gasteiger charge is -2.40. The Bertz CT molecular complexity index is 313. The summed E-state index contributed by atoms with van der Waals surface area (Å²) >= 11 is 0. The average Bonchev–Trinajstić information content (AvgIpc) is 2.76. The van der Waals surface area contributed by atoms with Crippen molar-refractivity contribution < 1.29 is 9.53 Å². The van der Waals surface area contributed by atoms with Gasteiger partial charge in [-0.05, 0) is 32.6 Å². The third-order valence-corrected chi connectivity index (χ3v) is 4.61. The van der Waals surface area contributed by atoms with Crippen LogP contribution in [0.4, 0.5) is 0 Å². The summed E-state index contributed by atoms with van der Waals surface area (Å²) in [5.41, 5.74) is 5.87. The van der Waals surface area contributed by atoms with Gasteiger partial charge in [0, 0.05) is 32.2 Å². The molecule has 4 nitrogen and oxygen atoms in total. The van der Waals surface area contributed by atoms with Crippen LogP contribution in [0.3, 0.4) is 0 Å². The predicted octanol–water partition coefficient (Wildman–Crippen LogP) is 1.68. The topological polar surface area (TPSA) is 55.6 Å². The summed E-state index contributed by atoms with van der Waals surface area (Å²) in [6, 6.07) is 0. The second kappa shape index (κ2) is 5.17. The number of amides is 1. The van der Waals surface area contributed by atoms with E-state index in [1.165, 1.54) is 12.8 Å². The first-order valence-electron chi connectivity index (χ1n) is 7.08. The zero-order valence-corrected chi connectivity index (χ0v) is 11.7. The maximum Gasteiger partial charge on any atom is 0.224 e. The van der Waals surface area contributed by atoms with E-state index in [1.54, 1.807) is 7.11 Å². The number of hydrogen-bond acceptors (Lipinski definition) is 3. The van der Waals surface area contributed by atoms with Crippen molar-refractivity contribution in [1.29, 1.82) is 0 Å². The molecule has 0 aromatic heterocycles. The molecule has 0 aromatic carbocycles. The van der Waals surface area contributed by atoms with Crippen LogP contribution in [0.15, 0.2) is 0 Å². The van der Waals surface area contributed by atoms with Gasteiger partial charge < -0.3 is 15.4 Å². The Balaban J connectivity index is 1.92.